The maximum atomic E-state index is 13.0. The molecule has 0 atom stereocenters. The van der Waals surface area contributed by atoms with Crippen LogP contribution in [0.1, 0.15) is 25.5 Å². The summed E-state index contributed by atoms with van der Waals surface area (Å²) in [7, 11) is 0. The predicted octanol–water partition coefficient (Wildman–Crippen LogP) is 5.06. The molecular formula is C18H16ClFN2OS. The zero-order valence-electron chi connectivity index (χ0n) is 13.3. The van der Waals surface area contributed by atoms with Crippen molar-refractivity contribution < 1.29 is 4.39 Å². The summed E-state index contributed by atoms with van der Waals surface area (Å²) in [6, 6.07) is 11.4. The number of fused-ring (bicyclic) bond motifs is 1. The molecule has 3 nitrogen and oxygen atoms in total. The third-order valence-electron chi connectivity index (χ3n) is 3.63. The van der Waals surface area contributed by atoms with Gasteiger partial charge in [-0.25, -0.2) is 9.37 Å². The van der Waals surface area contributed by atoms with Gasteiger partial charge in [0.15, 0.2) is 5.16 Å². The summed E-state index contributed by atoms with van der Waals surface area (Å²) < 4.78 is 14.7. The van der Waals surface area contributed by atoms with Crippen molar-refractivity contribution in [2.75, 3.05) is 0 Å². The third-order valence-corrected chi connectivity index (χ3v) is 4.89. The van der Waals surface area contributed by atoms with Crippen LogP contribution >= 0.6 is 23.4 Å². The van der Waals surface area contributed by atoms with E-state index in [0.717, 1.165) is 5.56 Å². The second-order valence-electron chi connectivity index (χ2n) is 5.74. The van der Waals surface area contributed by atoms with Crippen LogP contribution in [-0.4, -0.2) is 9.55 Å². The second kappa shape index (κ2) is 6.95. The van der Waals surface area contributed by atoms with Crippen molar-refractivity contribution in [2.45, 2.75) is 30.8 Å². The van der Waals surface area contributed by atoms with Gasteiger partial charge in [0.1, 0.15) is 5.82 Å². The summed E-state index contributed by atoms with van der Waals surface area (Å²) in [6.07, 6.45) is 0. The van der Waals surface area contributed by atoms with Crippen molar-refractivity contribution in [2.24, 2.45) is 0 Å². The van der Waals surface area contributed by atoms with Crippen LogP contribution in [0.3, 0.4) is 0 Å². The lowest BCUT2D eigenvalue weighted by molar-refractivity contribution is 0.519. The molecule has 1 aromatic heterocycles. The molecule has 0 N–H and O–H groups in total. The lowest BCUT2D eigenvalue weighted by atomic mass is 10.2. The minimum atomic E-state index is -0.263. The van der Waals surface area contributed by atoms with Gasteiger partial charge in [0.2, 0.25) is 0 Å². The third kappa shape index (κ3) is 3.47. The number of aromatic nitrogens is 2. The van der Waals surface area contributed by atoms with Crippen LogP contribution in [0.2, 0.25) is 5.02 Å². The SMILES string of the molecule is CC(C)n1c(SCc2ccc(F)cc2)nc2cc(Cl)ccc2c1=O. The van der Waals surface area contributed by atoms with E-state index in [-0.39, 0.29) is 17.4 Å². The molecule has 0 saturated carbocycles. The summed E-state index contributed by atoms with van der Waals surface area (Å²) in [5, 5.41) is 1.74. The molecule has 0 aliphatic heterocycles. The van der Waals surface area contributed by atoms with Gasteiger partial charge in [0.25, 0.3) is 5.56 Å². The Morgan fingerprint density at radius 1 is 1.21 bits per heavy atom. The molecule has 1 heterocycles. The summed E-state index contributed by atoms with van der Waals surface area (Å²) in [4.78, 5) is 17.4. The highest BCUT2D eigenvalue weighted by molar-refractivity contribution is 7.98. The van der Waals surface area contributed by atoms with Crippen LogP contribution in [0.5, 0.6) is 0 Å². The van der Waals surface area contributed by atoms with Crippen molar-refractivity contribution >= 4 is 34.3 Å². The van der Waals surface area contributed by atoms with E-state index in [1.807, 2.05) is 13.8 Å². The molecule has 124 valence electrons. The van der Waals surface area contributed by atoms with Crippen LogP contribution in [0.15, 0.2) is 52.4 Å². The molecule has 3 rings (SSSR count). The minimum absolute atomic E-state index is 0.0132. The summed E-state index contributed by atoms with van der Waals surface area (Å²) in [6.45, 7) is 3.90. The Kier molecular flexibility index (Phi) is 4.92. The van der Waals surface area contributed by atoms with Gasteiger partial charge in [0.05, 0.1) is 10.9 Å². The number of hydrogen-bond acceptors (Lipinski definition) is 3. The topological polar surface area (TPSA) is 34.9 Å². The minimum Gasteiger partial charge on any atom is -0.285 e. The van der Waals surface area contributed by atoms with Crippen LogP contribution in [0, 0.1) is 5.82 Å². The van der Waals surface area contributed by atoms with Crippen molar-refractivity contribution in [3.8, 4) is 0 Å². The Hall–Kier alpha value is -1.85. The number of nitrogens with zero attached hydrogens (tertiary/aromatic N) is 2. The molecule has 6 heteroatoms. The first-order chi connectivity index (χ1) is 11.5. The summed E-state index contributed by atoms with van der Waals surface area (Å²) >= 11 is 7.48. The zero-order chi connectivity index (χ0) is 17.3. The average molecular weight is 363 g/mol. The molecule has 2 aromatic carbocycles. The highest BCUT2D eigenvalue weighted by Gasteiger charge is 2.14. The Bertz CT molecular complexity index is 938. The Labute approximate surface area is 148 Å². The van der Waals surface area contributed by atoms with Crippen molar-refractivity contribution in [1.29, 1.82) is 0 Å². The maximum absolute atomic E-state index is 13.0. The molecule has 0 saturated heterocycles. The second-order valence-corrected chi connectivity index (χ2v) is 7.12. The monoisotopic (exact) mass is 362 g/mol. The van der Waals surface area contributed by atoms with E-state index in [9.17, 15) is 9.18 Å². The number of hydrogen-bond donors (Lipinski definition) is 0. The molecule has 0 radical (unpaired) electrons. The van der Waals surface area contributed by atoms with Crippen molar-refractivity contribution in [1.82, 2.24) is 9.55 Å². The molecule has 0 spiro atoms. The molecule has 0 amide bonds. The maximum Gasteiger partial charge on any atom is 0.262 e. The van der Waals surface area contributed by atoms with Crippen LogP contribution in [0.25, 0.3) is 10.9 Å². The molecule has 24 heavy (non-hydrogen) atoms. The zero-order valence-corrected chi connectivity index (χ0v) is 14.9. The molecule has 0 aliphatic carbocycles. The lowest BCUT2D eigenvalue weighted by Gasteiger charge is -2.16. The predicted molar refractivity (Wildman–Crippen MR) is 97.4 cm³/mol. The van der Waals surface area contributed by atoms with Gasteiger partial charge < -0.3 is 0 Å². The highest BCUT2D eigenvalue weighted by atomic mass is 35.5. The van der Waals surface area contributed by atoms with E-state index < -0.39 is 0 Å². The fourth-order valence-corrected chi connectivity index (χ4v) is 3.69. The van der Waals surface area contributed by atoms with E-state index in [2.05, 4.69) is 4.98 Å². The van der Waals surface area contributed by atoms with Crippen molar-refractivity contribution in [3.05, 3.63) is 69.2 Å². The summed E-state index contributed by atoms with van der Waals surface area (Å²) in [5.74, 6) is 0.340. The van der Waals surface area contributed by atoms with Gasteiger partial charge in [-0.1, -0.05) is 35.5 Å². The summed E-state index contributed by atoms with van der Waals surface area (Å²) in [5.41, 5.74) is 1.48. The highest BCUT2D eigenvalue weighted by Crippen LogP contribution is 2.25. The van der Waals surface area contributed by atoms with Gasteiger partial charge in [-0.05, 0) is 49.7 Å². The standard InChI is InChI=1S/C18H16ClFN2OS/c1-11(2)22-17(23)15-8-5-13(19)9-16(15)21-18(22)24-10-12-3-6-14(20)7-4-12/h3-9,11H,10H2,1-2H3. The van der Waals surface area contributed by atoms with E-state index in [0.29, 0.717) is 26.8 Å². The largest absolute Gasteiger partial charge is 0.285 e. The Morgan fingerprint density at radius 3 is 2.58 bits per heavy atom. The van der Waals surface area contributed by atoms with E-state index in [1.54, 1.807) is 34.9 Å². The average Bonchev–Trinajstić information content (AvgIpc) is 2.53. The molecule has 0 unspecified atom stereocenters. The molecule has 0 aliphatic rings. The molecular weight excluding hydrogens is 347 g/mol. The first-order valence-electron chi connectivity index (χ1n) is 7.55. The van der Waals surface area contributed by atoms with E-state index >= 15 is 0 Å². The number of thioether (sulfide) groups is 1. The van der Waals surface area contributed by atoms with Gasteiger partial charge in [-0.15, -0.1) is 0 Å². The van der Waals surface area contributed by atoms with Crippen LogP contribution in [0.4, 0.5) is 4.39 Å². The van der Waals surface area contributed by atoms with Crippen LogP contribution < -0.4 is 5.56 Å². The first-order valence-corrected chi connectivity index (χ1v) is 8.91. The van der Waals surface area contributed by atoms with Gasteiger partial charge in [0, 0.05) is 16.8 Å². The number of halogens is 2. The fraction of sp³-hybridized carbons (Fsp3) is 0.222. The smallest absolute Gasteiger partial charge is 0.262 e. The number of rotatable bonds is 4. The number of benzene rings is 2. The van der Waals surface area contributed by atoms with Crippen LogP contribution in [-0.2, 0) is 5.75 Å². The van der Waals surface area contributed by atoms with Crippen molar-refractivity contribution in [3.63, 3.8) is 0 Å². The van der Waals surface area contributed by atoms with E-state index in [1.165, 1.54) is 23.9 Å². The van der Waals surface area contributed by atoms with Gasteiger partial charge in [-0.2, -0.15) is 0 Å². The Balaban J connectivity index is 2.03. The normalized spacial score (nSPS) is 11.4. The van der Waals surface area contributed by atoms with E-state index in [4.69, 9.17) is 11.6 Å². The molecule has 0 bridgehead atoms. The molecule has 3 aromatic rings. The van der Waals surface area contributed by atoms with Gasteiger partial charge in [-0.3, -0.25) is 9.36 Å². The Morgan fingerprint density at radius 2 is 1.92 bits per heavy atom. The lowest BCUT2D eigenvalue weighted by Crippen LogP contribution is -2.25. The molecule has 0 fully saturated rings. The quantitative estimate of drug-likeness (QED) is 0.480. The fourth-order valence-electron chi connectivity index (χ4n) is 2.44. The first kappa shape index (κ1) is 17.0. The van der Waals surface area contributed by atoms with Gasteiger partial charge >= 0.3 is 0 Å².